The van der Waals surface area contributed by atoms with Gasteiger partial charge < -0.3 is 19.1 Å². The largest absolute Gasteiger partial charge is 0.469 e. The van der Waals surface area contributed by atoms with Gasteiger partial charge in [0.15, 0.2) is 0 Å². The van der Waals surface area contributed by atoms with Crippen molar-refractivity contribution < 1.29 is 19.0 Å². The lowest BCUT2D eigenvalue weighted by molar-refractivity contribution is -0.140. The molecule has 0 radical (unpaired) electrons. The second kappa shape index (κ2) is 7.34. The quantitative estimate of drug-likeness (QED) is 0.653. The van der Waals surface area contributed by atoms with Gasteiger partial charge >= 0.3 is 18.0 Å². The molecular weight excluding hydrogens is 252 g/mol. The minimum Gasteiger partial charge on any atom is -0.469 e. The Bertz CT molecular complexity index is 405. The number of rotatable bonds is 7. The molecule has 8 heteroatoms. The number of methoxy groups -OCH3 is 3. The van der Waals surface area contributed by atoms with Crippen molar-refractivity contribution in [2.24, 2.45) is 0 Å². The third kappa shape index (κ3) is 4.57. The number of anilines is 1. The first kappa shape index (κ1) is 14.9. The first-order valence-corrected chi connectivity index (χ1v) is 5.72. The number of nitrogens with zero attached hydrogens (tertiary/aromatic N) is 4. The van der Waals surface area contributed by atoms with E-state index in [1.165, 1.54) is 21.3 Å². The maximum Gasteiger partial charge on any atom is 0.324 e. The Labute approximate surface area is 111 Å². The molecule has 8 nitrogen and oxygen atoms in total. The molecule has 1 aromatic heterocycles. The van der Waals surface area contributed by atoms with Crippen LogP contribution >= 0.6 is 0 Å². The summed E-state index contributed by atoms with van der Waals surface area (Å²) in [4.78, 5) is 24.9. The second-order valence-electron chi connectivity index (χ2n) is 3.71. The molecule has 0 aliphatic rings. The van der Waals surface area contributed by atoms with Crippen molar-refractivity contribution in [3.63, 3.8) is 0 Å². The summed E-state index contributed by atoms with van der Waals surface area (Å²) in [5, 5.41) is 0. The van der Waals surface area contributed by atoms with E-state index in [1.54, 1.807) is 4.90 Å². The summed E-state index contributed by atoms with van der Waals surface area (Å²) in [6.07, 6.45) is 0.986. The number of hydrogen-bond acceptors (Lipinski definition) is 8. The van der Waals surface area contributed by atoms with Gasteiger partial charge in [-0.15, -0.1) is 4.98 Å². The molecular formula is C11H18N4O4. The lowest BCUT2D eigenvalue weighted by Crippen LogP contribution is -2.22. The average molecular weight is 270 g/mol. The van der Waals surface area contributed by atoms with Crippen LogP contribution in [0.2, 0.25) is 0 Å². The Balaban J connectivity index is 2.65. The molecule has 0 aliphatic heterocycles. The average Bonchev–Trinajstić information content (AvgIpc) is 2.46. The number of aromatic nitrogens is 3. The summed E-state index contributed by atoms with van der Waals surface area (Å²) in [7, 11) is 6.12. The molecule has 0 amide bonds. The van der Waals surface area contributed by atoms with Crippen LogP contribution in [0.3, 0.4) is 0 Å². The predicted molar refractivity (Wildman–Crippen MR) is 67.5 cm³/mol. The van der Waals surface area contributed by atoms with Crippen LogP contribution in [0.4, 0.5) is 5.95 Å². The number of ether oxygens (including phenoxy) is 3. The lowest BCUT2D eigenvalue weighted by atomic mass is 10.3. The van der Waals surface area contributed by atoms with Crippen LogP contribution in [0.25, 0.3) is 0 Å². The monoisotopic (exact) mass is 270 g/mol. The van der Waals surface area contributed by atoms with E-state index in [-0.39, 0.29) is 18.0 Å². The van der Waals surface area contributed by atoms with Crippen LogP contribution in [0.15, 0.2) is 0 Å². The maximum atomic E-state index is 11.0. The molecule has 0 atom stereocenters. The molecule has 0 spiro atoms. The molecule has 1 rings (SSSR count). The molecule has 1 heterocycles. The molecule has 106 valence electrons. The molecule has 0 N–H and O–H groups in total. The first-order valence-electron chi connectivity index (χ1n) is 5.72. The van der Waals surface area contributed by atoms with E-state index in [2.05, 4.69) is 19.7 Å². The number of carbonyl (C=O) groups excluding carboxylic acids is 1. The van der Waals surface area contributed by atoms with Crippen molar-refractivity contribution >= 4 is 11.9 Å². The molecule has 0 unspecified atom stereocenters. The Morgan fingerprint density at radius 3 is 2.16 bits per heavy atom. The van der Waals surface area contributed by atoms with Gasteiger partial charge in [0.1, 0.15) is 0 Å². The van der Waals surface area contributed by atoms with E-state index >= 15 is 0 Å². The molecule has 0 aromatic carbocycles. The van der Waals surface area contributed by atoms with Crippen LogP contribution in [0.1, 0.15) is 12.8 Å². The van der Waals surface area contributed by atoms with Crippen molar-refractivity contribution in [3.05, 3.63) is 0 Å². The Kier molecular flexibility index (Phi) is 5.77. The van der Waals surface area contributed by atoms with Crippen molar-refractivity contribution in [1.82, 2.24) is 15.0 Å². The van der Waals surface area contributed by atoms with E-state index in [0.717, 1.165) is 0 Å². The van der Waals surface area contributed by atoms with Gasteiger partial charge in [0, 0.05) is 20.0 Å². The minimum absolute atomic E-state index is 0.182. The van der Waals surface area contributed by atoms with Crippen LogP contribution in [-0.2, 0) is 9.53 Å². The molecule has 19 heavy (non-hydrogen) atoms. The van der Waals surface area contributed by atoms with Gasteiger partial charge in [-0.2, -0.15) is 9.97 Å². The normalized spacial score (nSPS) is 9.89. The molecule has 0 aliphatic carbocycles. The Hall–Kier alpha value is -2.12. The Morgan fingerprint density at radius 1 is 1.11 bits per heavy atom. The van der Waals surface area contributed by atoms with Crippen LogP contribution in [0.5, 0.6) is 12.0 Å². The van der Waals surface area contributed by atoms with Crippen LogP contribution in [0, 0.1) is 0 Å². The predicted octanol–water partition coefficient (Wildman–Crippen LogP) is 0.278. The van der Waals surface area contributed by atoms with Crippen molar-refractivity contribution in [3.8, 4) is 12.0 Å². The number of esters is 1. The topological polar surface area (TPSA) is 86.7 Å². The van der Waals surface area contributed by atoms with Crippen molar-refractivity contribution in [2.45, 2.75) is 12.8 Å². The standard InChI is InChI=1S/C11H18N4O4/c1-15(7-5-6-8(16)17-2)9-12-10(18-3)14-11(13-9)19-4/h5-7H2,1-4H3. The zero-order valence-electron chi connectivity index (χ0n) is 11.5. The molecule has 0 saturated carbocycles. The van der Waals surface area contributed by atoms with Gasteiger partial charge in [0.2, 0.25) is 5.95 Å². The molecule has 0 saturated heterocycles. The van der Waals surface area contributed by atoms with Gasteiger partial charge in [-0.25, -0.2) is 0 Å². The summed E-state index contributed by atoms with van der Waals surface area (Å²) < 4.78 is 14.5. The van der Waals surface area contributed by atoms with E-state index in [4.69, 9.17) is 9.47 Å². The SMILES string of the molecule is COC(=O)CCCN(C)c1nc(OC)nc(OC)n1. The third-order valence-electron chi connectivity index (χ3n) is 2.39. The lowest BCUT2D eigenvalue weighted by Gasteiger charge is -2.17. The number of hydrogen-bond donors (Lipinski definition) is 0. The van der Waals surface area contributed by atoms with E-state index in [9.17, 15) is 4.79 Å². The van der Waals surface area contributed by atoms with E-state index in [1.807, 2.05) is 7.05 Å². The highest BCUT2D eigenvalue weighted by Crippen LogP contribution is 2.15. The highest BCUT2D eigenvalue weighted by atomic mass is 16.5. The van der Waals surface area contributed by atoms with Crippen molar-refractivity contribution in [1.29, 1.82) is 0 Å². The van der Waals surface area contributed by atoms with Gasteiger partial charge in [-0.05, 0) is 6.42 Å². The first-order chi connectivity index (χ1) is 9.10. The minimum atomic E-state index is -0.237. The highest BCUT2D eigenvalue weighted by molar-refractivity contribution is 5.69. The molecule has 0 bridgehead atoms. The smallest absolute Gasteiger partial charge is 0.324 e. The fourth-order valence-corrected chi connectivity index (χ4v) is 1.34. The molecule has 1 aromatic rings. The summed E-state index contributed by atoms with van der Waals surface area (Å²) in [6, 6.07) is 0.364. The van der Waals surface area contributed by atoms with Crippen LogP contribution in [-0.4, -0.2) is 55.8 Å². The number of carbonyl (C=O) groups is 1. The summed E-state index contributed by atoms with van der Waals surface area (Å²) in [5.74, 6) is 0.188. The van der Waals surface area contributed by atoms with Gasteiger partial charge in [-0.3, -0.25) is 4.79 Å². The third-order valence-corrected chi connectivity index (χ3v) is 2.39. The molecule has 0 fully saturated rings. The summed E-state index contributed by atoms with van der Waals surface area (Å²) in [6.45, 7) is 0.603. The highest BCUT2D eigenvalue weighted by Gasteiger charge is 2.11. The van der Waals surface area contributed by atoms with Crippen molar-refractivity contribution in [2.75, 3.05) is 39.8 Å². The van der Waals surface area contributed by atoms with Gasteiger partial charge in [0.25, 0.3) is 0 Å². The fourth-order valence-electron chi connectivity index (χ4n) is 1.34. The van der Waals surface area contributed by atoms with Gasteiger partial charge in [-0.1, -0.05) is 0 Å². The van der Waals surface area contributed by atoms with Gasteiger partial charge in [0.05, 0.1) is 21.3 Å². The zero-order valence-corrected chi connectivity index (χ0v) is 11.5. The summed E-state index contributed by atoms with van der Waals surface area (Å²) in [5.41, 5.74) is 0. The Morgan fingerprint density at radius 2 is 1.68 bits per heavy atom. The van der Waals surface area contributed by atoms with E-state index < -0.39 is 0 Å². The maximum absolute atomic E-state index is 11.0. The fraction of sp³-hybridized carbons (Fsp3) is 0.636. The van der Waals surface area contributed by atoms with Crippen LogP contribution < -0.4 is 14.4 Å². The second-order valence-corrected chi connectivity index (χ2v) is 3.71. The zero-order chi connectivity index (χ0) is 14.3. The van der Waals surface area contributed by atoms with E-state index in [0.29, 0.717) is 25.3 Å². The summed E-state index contributed by atoms with van der Waals surface area (Å²) >= 11 is 0.